The van der Waals surface area contributed by atoms with Crippen LogP contribution < -0.4 is 10.6 Å². The Morgan fingerprint density at radius 2 is 2.16 bits per heavy atom. The number of nitro groups is 1. The molecule has 1 heterocycles. The largest absolute Gasteiger partial charge is 0.359 e. The average Bonchev–Trinajstić information content (AvgIpc) is 2.38. The van der Waals surface area contributed by atoms with Gasteiger partial charge in [0.25, 0.3) is 5.69 Å². The van der Waals surface area contributed by atoms with Gasteiger partial charge in [0.15, 0.2) is 0 Å². The van der Waals surface area contributed by atoms with Gasteiger partial charge in [0.1, 0.15) is 18.1 Å². The predicted molar refractivity (Wildman–Crippen MR) is 71.9 cm³/mol. The second-order valence-corrected chi connectivity index (χ2v) is 4.34. The third-order valence-electron chi connectivity index (χ3n) is 2.72. The number of pyridine rings is 1. The fourth-order valence-electron chi connectivity index (χ4n) is 1.34. The van der Waals surface area contributed by atoms with Gasteiger partial charge >= 0.3 is 0 Å². The van der Waals surface area contributed by atoms with E-state index in [9.17, 15) is 14.9 Å². The first-order chi connectivity index (χ1) is 8.93. The number of amides is 1. The second-order valence-electron chi connectivity index (χ2n) is 4.34. The van der Waals surface area contributed by atoms with Gasteiger partial charge in [-0.2, -0.15) is 0 Å². The summed E-state index contributed by atoms with van der Waals surface area (Å²) in [4.78, 5) is 25.6. The quantitative estimate of drug-likeness (QED) is 0.603. The maximum Gasteiger partial charge on any atom is 0.287 e. The van der Waals surface area contributed by atoms with Gasteiger partial charge in [-0.15, -0.1) is 0 Å². The maximum absolute atomic E-state index is 11.8. The maximum atomic E-state index is 11.8. The zero-order chi connectivity index (χ0) is 14.4. The molecule has 0 radical (unpaired) electrons. The summed E-state index contributed by atoms with van der Waals surface area (Å²) < 4.78 is 0. The number of hydrogen-bond acceptors (Lipinski definition) is 5. The molecule has 0 aliphatic carbocycles. The van der Waals surface area contributed by atoms with Crippen LogP contribution >= 0.6 is 0 Å². The van der Waals surface area contributed by atoms with Crippen LogP contribution in [0.15, 0.2) is 18.3 Å². The Morgan fingerprint density at radius 1 is 1.47 bits per heavy atom. The van der Waals surface area contributed by atoms with Crippen molar-refractivity contribution < 1.29 is 9.72 Å². The van der Waals surface area contributed by atoms with Crippen LogP contribution in [-0.2, 0) is 4.79 Å². The number of hydrogen-bond donors (Lipinski definition) is 2. The molecule has 1 aromatic heterocycles. The Hall–Kier alpha value is -2.18. The molecule has 0 aliphatic rings. The molecule has 0 saturated heterocycles. The van der Waals surface area contributed by atoms with Crippen LogP contribution in [-0.4, -0.2) is 27.9 Å². The summed E-state index contributed by atoms with van der Waals surface area (Å²) in [7, 11) is 0. The van der Waals surface area contributed by atoms with Crippen LogP contribution in [0.25, 0.3) is 0 Å². The molecule has 1 aromatic rings. The van der Waals surface area contributed by atoms with Gasteiger partial charge in [0, 0.05) is 12.1 Å². The lowest BCUT2D eigenvalue weighted by Crippen LogP contribution is -2.41. The fourth-order valence-corrected chi connectivity index (χ4v) is 1.34. The van der Waals surface area contributed by atoms with E-state index in [1.165, 1.54) is 12.1 Å². The van der Waals surface area contributed by atoms with E-state index in [0.717, 1.165) is 12.6 Å². The number of aromatic nitrogens is 1. The fraction of sp³-hybridized carbons (Fsp3) is 0.500. The van der Waals surface area contributed by atoms with Crippen LogP contribution in [0.2, 0.25) is 0 Å². The molecule has 0 aromatic carbocycles. The van der Waals surface area contributed by atoms with Crippen molar-refractivity contribution >= 4 is 17.4 Å². The molecule has 1 rings (SSSR count). The third-order valence-corrected chi connectivity index (χ3v) is 2.72. The Balaban J connectivity index is 2.58. The van der Waals surface area contributed by atoms with Crippen LogP contribution in [0.4, 0.5) is 11.5 Å². The molecule has 2 N–H and O–H groups in total. The molecule has 104 valence electrons. The van der Waals surface area contributed by atoms with Crippen molar-refractivity contribution in [1.29, 1.82) is 0 Å². The lowest BCUT2D eigenvalue weighted by atomic mass is 10.2. The van der Waals surface area contributed by atoms with E-state index in [1.54, 1.807) is 6.92 Å². The molecule has 0 bridgehead atoms. The number of nitrogens with zero attached hydrogens (tertiary/aromatic N) is 2. The number of carbonyl (C=O) groups excluding carboxylic acids is 1. The highest BCUT2D eigenvalue weighted by Crippen LogP contribution is 2.12. The van der Waals surface area contributed by atoms with Crippen molar-refractivity contribution in [1.82, 2.24) is 10.3 Å². The van der Waals surface area contributed by atoms with E-state index < -0.39 is 11.0 Å². The molecule has 0 aliphatic heterocycles. The molecular formula is C12H18N4O3. The van der Waals surface area contributed by atoms with Crippen molar-refractivity contribution in [2.45, 2.75) is 39.3 Å². The summed E-state index contributed by atoms with van der Waals surface area (Å²) in [6, 6.07) is 2.48. The highest BCUT2D eigenvalue weighted by Gasteiger charge is 2.15. The second kappa shape index (κ2) is 6.67. The molecule has 1 amide bonds. The molecule has 2 unspecified atom stereocenters. The van der Waals surface area contributed by atoms with Gasteiger partial charge in [-0.05, 0) is 26.3 Å². The van der Waals surface area contributed by atoms with Gasteiger partial charge in [0.05, 0.1) is 4.92 Å². The van der Waals surface area contributed by atoms with E-state index in [0.29, 0.717) is 5.82 Å². The van der Waals surface area contributed by atoms with Gasteiger partial charge in [-0.3, -0.25) is 14.9 Å². The molecule has 2 atom stereocenters. The highest BCUT2D eigenvalue weighted by atomic mass is 16.6. The van der Waals surface area contributed by atoms with Gasteiger partial charge in [-0.25, -0.2) is 4.98 Å². The third kappa shape index (κ3) is 4.53. The normalized spacial score (nSPS) is 13.4. The highest BCUT2D eigenvalue weighted by molar-refractivity contribution is 5.84. The summed E-state index contributed by atoms with van der Waals surface area (Å²) in [5.41, 5.74) is -0.0812. The van der Waals surface area contributed by atoms with Gasteiger partial charge in [-0.1, -0.05) is 6.92 Å². The Labute approximate surface area is 111 Å². The summed E-state index contributed by atoms with van der Waals surface area (Å²) >= 11 is 0. The standard InChI is InChI=1S/C12H18N4O3/c1-4-8(2)14-12(17)9(3)15-11-6-5-10(7-13-11)16(18)19/h5-9H,4H2,1-3H3,(H,13,15)(H,14,17). The molecule has 0 fully saturated rings. The Bertz CT molecular complexity index is 447. The summed E-state index contributed by atoms with van der Waals surface area (Å²) in [6.45, 7) is 5.62. The Kier molecular flexibility index (Phi) is 5.23. The topological polar surface area (TPSA) is 97.2 Å². The number of carbonyl (C=O) groups is 1. The molecule has 19 heavy (non-hydrogen) atoms. The molecule has 7 heteroatoms. The van der Waals surface area contributed by atoms with Crippen LogP contribution in [0, 0.1) is 10.1 Å². The van der Waals surface area contributed by atoms with Crippen molar-refractivity contribution in [3.05, 3.63) is 28.4 Å². The van der Waals surface area contributed by atoms with E-state index in [2.05, 4.69) is 15.6 Å². The first-order valence-corrected chi connectivity index (χ1v) is 6.11. The van der Waals surface area contributed by atoms with Crippen LogP contribution in [0.3, 0.4) is 0 Å². The van der Waals surface area contributed by atoms with E-state index >= 15 is 0 Å². The minimum atomic E-state index is -0.518. The van der Waals surface area contributed by atoms with E-state index in [-0.39, 0.29) is 17.6 Å². The van der Waals surface area contributed by atoms with Crippen molar-refractivity contribution in [3.8, 4) is 0 Å². The predicted octanol–water partition coefficient (Wildman–Crippen LogP) is 1.70. The van der Waals surface area contributed by atoms with Crippen LogP contribution in [0.5, 0.6) is 0 Å². The van der Waals surface area contributed by atoms with Gasteiger partial charge in [0.2, 0.25) is 5.91 Å². The van der Waals surface area contributed by atoms with Gasteiger partial charge < -0.3 is 10.6 Å². The van der Waals surface area contributed by atoms with Crippen molar-refractivity contribution in [2.75, 3.05) is 5.32 Å². The van der Waals surface area contributed by atoms with E-state index in [1.807, 2.05) is 13.8 Å². The lowest BCUT2D eigenvalue weighted by Gasteiger charge is -2.17. The summed E-state index contributed by atoms with van der Waals surface area (Å²) in [6.07, 6.45) is 2.01. The number of nitrogens with one attached hydrogen (secondary N) is 2. The first-order valence-electron chi connectivity index (χ1n) is 6.11. The summed E-state index contributed by atoms with van der Waals surface area (Å²) in [5.74, 6) is 0.298. The lowest BCUT2D eigenvalue weighted by molar-refractivity contribution is -0.385. The average molecular weight is 266 g/mol. The van der Waals surface area contributed by atoms with Crippen LogP contribution in [0.1, 0.15) is 27.2 Å². The molecular weight excluding hydrogens is 248 g/mol. The SMILES string of the molecule is CCC(C)NC(=O)C(C)Nc1ccc([N+](=O)[O-])cn1. The van der Waals surface area contributed by atoms with E-state index in [4.69, 9.17) is 0 Å². The molecule has 0 saturated carbocycles. The Morgan fingerprint density at radius 3 is 2.63 bits per heavy atom. The zero-order valence-electron chi connectivity index (χ0n) is 11.2. The smallest absolute Gasteiger partial charge is 0.287 e. The van der Waals surface area contributed by atoms with Crippen molar-refractivity contribution in [2.24, 2.45) is 0 Å². The zero-order valence-corrected chi connectivity index (χ0v) is 11.2. The molecule has 7 nitrogen and oxygen atoms in total. The monoisotopic (exact) mass is 266 g/mol. The minimum absolute atomic E-state index is 0.0812. The number of anilines is 1. The number of rotatable bonds is 6. The minimum Gasteiger partial charge on any atom is -0.359 e. The first kappa shape index (κ1) is 14.9. The molecule has 0 spiro atoms. The van der Waals surface area contributed by atoms with Crippen molar-refractivity contribution in [3.63, 3.8) is 0 Å². The summed E-state index contributed by atoms with van der Waals surface area (Å²) in [5, 5.41) is 16.2.